The number of imidazole rings is 2. The Morgan fingerprint density at radius 2 is 1.19 bits per heavy atom. The van der Waals surface area contributed by atoms with E-state index in [-0.39, 0.29) is 0 Å². The second kappa shape index (κ2) is 6.65. The van der Waals surface area contributed by atoms with E-state index in [4.69, 9.17) is 4.98 Å². The van der Waals surface area contributed by atoms with Gasteiger partial charge in [-0.3, -0.25) is 8.80 Å². The standard InChI is InChI=1S/C34H21N3/c1-20-8-2-7-13-26(20)25-15-28-27-14-21-9-3-5-11-23(21)17-30(27)37-33(28)32(19-25)36-31-18-24-12-6-4-10-22(24)16-29(31)35-34(36)37/h2-19H,1H3. The highest BCUT2D eigenvalue weighted by molar-refractivity contribution is 6.20. The van der Waals surface area contributed by atoms with Gasteiger partial charge in [-0.2, -0.15) is 0 Å². The van der Waals surface area contributed by atoms with Crippen LogP contribution >= 0.6 is 0 Å². The smallest absolute Gasteiger partial charge is 0.220 e. The summed E-state index contributed by atoms with van der Waals surface area (Å²) in [5.41, 5.74) is 9.60. The first kappa shape index (κ1) is 19.3. The number of aryl methyl sites for hydroxylation is 1. The molecule has 172 valence electrons. The SMILES string of the molecule is Cc1ccccc1-c1cc2c3cc4ccccc4cc3n3c2c(c1)n1c2cc4ccccc4cc2nc13. The Labute approximate surface area is 212 Å². The third kappa shape index (κ3) is 2.43. The van der Waals surface area contributed by atoms with Crippen LogP contribution in [0.4, 0.5) is 0 Å². The first-order valence-corrected chi connectivity index (χ1v) is 12.7. The van der Waals surface area contributed by atoms with Crippen molar-refractivity contribution in [1.82, 2.24) is 13.8 Å². The maximum atomic E-state index is 5.23. The molecule has 0 bridgehead atoms. The van der Waals surface area contributed by atoms with Crippen molar-refractivity contribution in [3.05, 3.63) is 115 Å². The molecule has 0 aliphatic carbocycles. The lowest BCUT2D eigenvalue weighted by Gasteiger charge is -2.08. The predicted molar refractivity (Wildman–Crippen MR) is 155 cm³/mol. The minimum atomic E-state index is 0.970. The molecule has 0 radical (unpaired) electrons. The van der Waals surface area contributed by atoms with E-state index in [1.807, 2.05) is 0 Å². The van der Waals surface area contributed by atoms with E-state index >= 15 is 0 Å². The average molecular weight is 472 g/mol. The van der Waals surface area contributed by atoms with Gasteiger partial charge in [-0.05, 0) is 81.6 Å². The molecule has 9 rings (SSSR count). The lowest BCUT2D eigenvalue weighted by Crippen LogP contribution is -1.86. The summed E-state index contributed by atoms with van der Waals surface area (Å²) in [7, 11) is 0. The molecule has 0 fully saturated rings. The van der Waals surface area contributed by atoms with Crippen LogP contribution in [0.1, 0.15) is 5.56 Å². The largest absolute Gasteiger partial charge is 0.277 e. The van der Waals surface area contributed by atoms with Crippen LogP contribution in [0.15, 0.2) is 109 Å². The number of hydrogen-bond donors (Lipinski definition) is 0. The summed E-state index contributed by atoms with van der Waals surface area (Å²) < 4.78 is 4.74. The number of fused-ring (bicyclic) bond motifs is 10. The van der Waals surface area contributed by atoms with Crippen LogP contribution in [0.25, 0.3) is 76.8 Å². The van der Waals surface area contributed by atoms with Gasteiger partial charge in [-0.15, -0.1) is 0 Å². The molecular weight excluding hydrogens is 450 g/mol. The maximum absolute atomic E-state index is 5.23. The number of benzene rings is 6. The van der Waals surface area contributed by atoms with Crippen molar-refractivity contribution in [2.75, 3.05) is 0 Å². The summed E-state index contributed by atoms with van der Waals surface area (Å²) in [5, 5.41) is 7.50. The van der Waals surface area contributed by atoms with Gasteiger partial charge >= 0.3 is 0 Å². The van der Waals surface area contributed by atoms with Gasteiger partial charge in [0.05, 0.1) is 27.6 Å². The molecule has 0 saturated carbocycles. The second-order valence-electron chi connectivity index (χ2n) is 10.2. The summed E-state index contributed by atoms with van der Waals surface area (Å²) in [6, 6.07) is 39.8. The van der Waals surface area contributed by atoms with Crippen molar-refractivity contribution < 1.29 is 0 Å². The van der Waals surface area contributed by atoms with E-state index in [0.29, 0.717) is 0 Å². The lowest BCUT2D eigenvalue weighted by molar-refractivity contribution is 1.22. The number of aromatic nitrogens is 3. The van der Waals surface area contributed by atoms with E-state index < -0.39 is 0 Å². The molecule has 0 atom stereocenters. The fourth-order valence-corrected chi connectivity index (χ4v) is 6.38. The van der Waals surface area contributed by atoms with Crippen LogP contribution in [0, 0.1) is 6.92 Å². The second-order valence-corrected chi connectivity index (χ2v) is 10.2. The van der Waals surface area contributed by atoms with Crippen LogP contribution in [0.3, 0.4) is 0 Å². The molecule has 3 heteroatoms. The van der Waals surface area contributed by atoms with Crippen molar-refractivity contribution in [3.63, 3.8) is 0 Å². The van der Waals surface area contributed by atoms with E-state index in [9.17, 15) is 0 Å². The van der Waals surface area contributed by atoms with Gasteiger partial charge in [0.25, 0.3) is 0 Å². The number of nitrogens with zero attached hydrogens (tertiary/aromatic N) is 3. The third-order valence-corrected chi connectivity index (χ3v) is 8.11. The maximum Gasteiger partial charge on any atom is 0.220 e. The molecule has 0 spiro atoms. The molecule has 0 aliphatic rings. The molecule has 3 aromatic heterocycles. The summed E-state index contributed by atoms with van der Waals surface area (Å²) in [5.74, 6) is 0.970. The van der Waals surface area contributed by atoms with Crippen LogP contribution in [0.5, 0.6) is 0 Å². The van der Waals surface area contributed by atoms with Crippen LogP contribution in [-0.4, -0.2) is 13.8 Å². The zero-order chi connectivity index (χ0) is 24.2. The first-order chi connectivity index (χ1) is 18.2. The van der Waals surface area contributed by atoms with Crippen molar-refractivity contribution in [3.8, 4) is 11.1 Å². The molecule has 6 aromatic carbocycles. The zero-order valence-corrected chi connectivity index (χ0v) is 20.2. The highest BCUT2D eigenvalue weighted by Gasteiger charge is 2.22. The van der Waals surface area contributed by atoms with Gasteiger partial charge in [0.1, 0.15) is 0 Å². The number of hydrogen-bond acceptors (Lipinski definition) is 1. The number of rotatable bonds is 1. The summed E-state index contributed by atoms with van der Waals surface area (Å²) in [6.07, 6.45) is 0. The Morgan fingerprint density at radius 3 is 1.95 bits per heavy atom. The zero-order valence-electron chi connectivity index (χ0n) is 20.2. The quantitative estimate of drug-likeness (QED) is 0.234. The molecule has 0 aliphatic heterocycles. The molecular formula is C34H21N3. The minimum Gasteiger partial charge on any atom is -0.277 e. The Kier molecular flexibility index (Phi) is 3.47. The van der Waals surface area contributed by atoms with Crippen LogP contribution in [-0.2, 0) is 0 Å². The van der Waals surface area contributed by atoms with Gasteiger partial charge < -0.3 is 0 Å². The van der Waals surface area contributed by atoms with Crippen LogP contribution in [0.2, 0.25) is 0 Å². The normalized spacial score (nSPS) is 12.5. The molecule has 0 N–H and O–H groups in total. The van der Waals surface area contributed by atoms with Crippen molar-refractivity contribution >= 4 is 65.7 Å². The highest BCUT2D eigenvalue weighted by Crippen LogP contribution is 2.41. The summed E-state index contributed by atoms with van der Waals surface area (Å²) in [4.78, 5) is 5.23. The fourth-order valence-electron chi connectivity index (χ4n) is 6.38. The molecule has 37 heavy (non-hydrogen) atoms. The molecule has 3 heterocycles. The van der Waals surface area contributed by atoms with E-state index in [1.165, 1.54) is 65.6 Å². The van der Waals surface area contributed by atoms with Gasteiger partial charge in [0.15, 0.2) is 0 Å². The Bertz CT molecular complexity index is 2370. The molecule has 3 nitrogen and oxygen atoms in total. The minimum absolute atomic E-state index is 0.970. The Balaban J connectivity index is 1.56. The summed E-state index contributed by atoms with van der Waals surface area (Å²) >= 11 is 0. The molecule has 9 aromatic rings. The van der Waals surface area contributed by atoms with Gasteiger partial charge in [0.2, 0.25) is 5.78 Å². The van der Waals surface area contributed by atoms with Crippen molar-refractivity contribution in [2.45, 2.75) is 6.92 Å². The highest BCUT2D eigenvalue weighted by atomic mass is 15.2. The van der Waals surface area contributed by atoms with E-state index in [2.05, 4.69) is 125 Å². The Hall–Kier alpha value is -4.89. The molecule has 0 amide bonds. The van der Waals surface area contributed by atoms with E-state index in [1.54, 1.807) is 0 Å². The first-order valence-electron chi connectivity index (χ1n) is 12.7. The fraction of sp³-hybridized carbons (Fsp3) is 0.0294. The molecule has 0 unspecified atom stereocenters. The van der Waals surface area contributed by atoms with E-state index in [0.717, 1.165) is 16.8 Å². The third-order valence-electron chi connectivity index (χ3n) is 8.11. The van der Waals surface area contributed by atoms with Gasteiger partial charge in [-0.1, -0.05) is 72.8 Å². The van der Waals surface area contributed by atoms with Gasteiger partial charge in [-0.25, -0.2) is 4.98 Å². The summed E-state index contributed by atoms with van der Waals surface area (Å²) in [6.45, 7) is 2.19. The topological polar surface area (TPSA) is 21.7 Å². The average Bonchev–Trinajstić information content (AvgIpc) is 3.55. The van der Waals surface area contributed by atoms with Crippen LogP contribution < -0.4 is 0 Å². The predicted octanol–water partition coefficient (Wildman–Crippen LogP) is 8.77. The Morgan fingerprint density at radius 1 is 0.541 bits per heavy atom. The van der Waals surface area contributed by atoms with Crippen molar-refractivity contribution in [1.29, 1.82) is 0 Å². The van der Waals surface area contributed by atoms with Gasteiger partial charge in [0, 0.05) is 10.8 Å². The molecule has 0 saturated heterocycles. The lowest BCUT2D eigenvalue weighted by atomic mass is 9.98. The van der Waals surface area contributed by atoms with Crippen molar-refractivity contribution in [2.24, 2.45) is 0 Å². The monoisotopic (exact) mass is 471 g/mol.